The Morgan fingerprint density at radius 3 is 2.54 bits per heavy atom. The highest BCUT2D eigenvalue weighted by molar-refractivity contribution is 6.02. The molecule has 0 saturated heterocycles. The first-order valence-corrected chi connectivity index (χ1v) is 7.07. The molecule has 0 aliphatic heterocycles. The standard InChI is InChI=1S/C15H21FN4O4/c1-6-12(21)17-14-10(19(4)8-7-18(2)3)9-11(24-5)15(13(14)16)20(22)23/h6,9H,1,7-8H2,2-5H3,(H,17,21). The summed E-state index contributed by atoms with van der Waals surface area (Å²) in [5, 5.41) is 13.4. The lowest BCUT2D eigenvalue weighted by molar-refractivity contribution is -0.388. The maximum absolute atomic E-state index is 14.7. The molecular weight excluding hydrogens is 319 g/mol. The average Bonchev–Trinajstić information content (AvgIpc) is 2.53. The van der Waals surface area contributed by atoms with E-state index in [2.05, 4.69) is 11.9 Å². The normalized spacial score (nSPS) is 10.4. The van der Waals surface area contributed by atoms with E-state index >= 15 is 0 Å². The molecule has 0 fully saturated rings. The highest BCUT2D eigenvalue weighted by Gasteiger charge is 2.29. The van der Waals surface area contributed by atoms with E-state index in [9.17, 15) is 19.3 Å². The highest BCUT2D eigenvalue weighted by Crippen LogP contribution is 2.41. The molecule has 24 heavy (non-hydrogen) atoms. The predicted octanol–water partition coefficient (Wildman–Crippen LogP) is 1.86. The molecule has 1 amide bonds. The Hall–Kier alpha value is -2.68. The second-order valence-corrected chi connectivity index (χ2v) is 5.31. The van der Waals surface area contributed by atoms with Crippen molar-refractivity contribution in [2.75, 3.05) is 51.6 Å². The highest BCUT2D eigenvalue weighted by atomic mass is 19.1. The van der Waals surface area contributed by atoms with Crippen LogP contribution in [-0.2, 0) is 4.79 Å². The van der Waals surface area contributed by atoms with Crippen molar-refractivity contribution in [3.05, 3.63) is 34.7 Å². The molecule has 0 aliphatic rings. The van der Waals surface area contributed by atoms with Gasteiger partial charge in [0.15, 0.2) is 0 Å². The van der Waals surface area contributed by atoms with Gasteiger partial charge in [0.1, 0.15) is 5.69 Å². The fraction of sp³-hybridized carbons (Fsp3) is 0.400. The number of hydrogen-bond acceptors (Lipinski definition) is 6. The van der Waals surface area contributed by atoms with Gasteiger partial charge in [-0.1, -0.05) is 6.58 Å². The van der Waals surface area contributed by atoms with Crippen LogP contribution in [0.2, 0.25) is 0 Å². The summed E-state index contributed by atoms with van der Waals surface area (Å²) >= 11 is 0. The molecule has 1 rings (SSSR count). The summed E-state index contributed by atoms with van der Waals surface area (Å²) in [6.45, 7) is 4.46. The summed E-state index contributed by atoms with van der Waals surface area (Å²) in [5.41, 5.74) is -0.845. The molecule has 1 aromatic carbocycles. The summed E-state index contributed by atoms with van der Waals surface area (Å²) in [5.74, 6) is -2.06. The van der Waals surface area contributed by atoms with E-state index < -0.39 is 22.3 Å². The molecule has 0 bridgehead atoms. The lowest BCUT2D eigenvalue weighted by atomic mass is 10.1. The molecule has 1 aromatic rings. The van der Waals surface area contributed by atoms with Crippen LogP contribution < -0.4 is 15.0 Å². The van der Waals surface area contributed by atoms with Crippen molar-refractivity contribution < 1.29 is 18.8 Å². The van der Waals surface area contributed by atoms with Crippen molar-refractivity contribution in [2.45, 2.75) is 0 Å². The number of ether oxygens (including phenoxy) is 1. The van der Waals surface area contributed by atoms with Crippen LogP contribution in [0.15, 0.2) is 18.7 Å². The summed E-state index contributed by atoms with van der Waals surface area (Å²) in [4.78, 5) is 25.4. The number of nitro benzene ring substituents is 1. The molecule has 0 saturated carbocycles. The number of nitrogens with one attached hydrogen (secondary N) is 1. The third kappa shape index (κ3) is 4.42. The van der Waals surface area contributed by atoms with E-state index in [1.807, 2.05) is 19.0 Å². The Morgan fingerprint density at radius 1 is 1.46 bits per heavy atom. The number of carbonyl (C=O) groups is 1. The van der Waals surface area contributed by atoms with Gasteiger partial charge in [0.2, 0.25) is 17.5 Å². The molecule has 1 N–H and O–H groups in total. The van der Waals surface area contributed by atoms with E-state index in [-0.39, 0.29) is 17.1 Å². The number of carbonyl (C=O) groups excluding carboxylic acids is 1. The van der Waals surface area contributed by atoms with Gasteiger partial charge in [-0.15, -0.1) is 0 Å². The quantitative estimate of drug-likeness (QED) is 0.441. The number of nitrogens with zero attached hydrogens (tertiary/aromatic N) is 3. The number of amides is 1. The maximum atomic E-state index is 14.7. The molecule has 8 nitrogen and oxygen atoms in total. The molecule has 0 aliphatic carbocycles. The van der Waals surface area contributed by atoms with Crippen LogP contribution in [0, 0.1) is 15.9 Å². The Labute approximate surface area is 139 Å². The number of halogens is 1. The minimum Gasteiger partial charge on any atom is -0.490 e. The number of anilines is 2. The Bertz CT molecular complexity index is 649. The first-order valence-electron chi connectivity index (χ1n) is 7.07. The molecule has 0 aromatic heterocycles. The minimum absolute atomic E-state index is 0.221. The summed E-state index contributed by atoms with van der Waals surface area (Å²) < 4.78 is 19.6. The fourth-order valence-corrected chi connectivity index (χ4v) is 1.99. The van der Waals surface area contributed by atoms with E-state index in [0.717, 1.165) is 6.08 Å². The second kappa shape index (κ2) is 8.25. The smallest absolute Gasteiger partial charge is 0.348 e. The Kier molecular flexibility index (Phi) is 6.66. The third-order valence-corrected chi connectivity index (χ3v) is 3.31. The van der Waals surface area contributed by atoms with Crippen molar-refractivity contribution in [3.8, 4) is 5.75 Å². The molecule has 0 heterocycles. The van der Waals surface area contributed by atoms with Gasteiger partial charge < -0.3 is 19.9 Å². The molecule has 132 valence electrons. The monoisotopic (exact) mass is 340 g/mol. The van der Waals surface area contributed by atoms with Crippen LogP contribution in [0.1, 0.15) is 0 Å². The van der Waals surface area contributed by atoms with Gasteiger partial charge in [-0.25, -0.2) is 0 Å². The summed E-state index contributed by atoms with van der Waals surface area (Å²) in [6.07, 6.45) is 0.957. The van der Waals surface area contributed by atoms with Gasteiger partial charge >= 0.3 is 5.69 Å². The van der Waals surface area contributed by atoms with Crippen LogP contribution in [0.4, 0.5) is 21.5 Å². The van der Waals surface area contributed by atoms with Gasteiger partial charge in [0.05, 0.1) is 17.7 Å². The van der Waals surface area contributed by atoms with E-state index in [4.69, 9.17) is 4.74 Å². The molecule has 0 radical (unpaired) electrons. The van der Waals surface area contributed by atoms with Crippen molar-refractivity contribution >= 4 is 23.0 Å². The number of benzene rings is 1. The first-order chi connectivity index (χ1) is 11.2. The largest absolute Gasteiger partial charge is 0.490 e. The van der Waals surface area contributed by atoms with Gasteiger partial charge in [-0.2, -0.15) is 4.39 Å². The molecule has 0 unspecified atom stereocenters. The maximum Gasteiger partial charge on any atom is 0.348 e. The minimum atomic E-state index is -1.17. The molecule has 0 spiro atoms. The molecule has 9 heteroatoms. The predicted molar refractivity (Wildman–Crippen MR) is 90.3 cm³/mol. The number of nitro groups is 1. The SMILES string of the molecule is C=CC(=O)Nc1c(N(C)CCN(C)C)cc(OC)c([N+](=O)[O-])c1F. The van der Waals surface area contributed by atoms with Gasteiger partial charge in [0, 0.05) is 26.2 Å². The van der Waals surface area contributed by atoms with Crippen molar-refractivity contribution in [2.24, 2.45) is 0 Å². The van der Waals surface area contributed by atoms with E-state index in [0.29, 0.717) is 13.1 Å². The number of methoxy groups -OCH3 is 1. The fourth-order valence-electron chi connectivity index (χ4n) is 1.99. The molecule has 0 atom stereocenters. The van der Waals surface area contributed by atoms with Crippen molar-refractivity contribution in [1.82, 2.24) is 4.90 Å². The van der Waals surface area contributed by atoms with Crippen LogP contribution in [0.5, 0.6) is 5.75 Å². The van der Waals surface area contributed by atoms with Crippen molar-refractivity contribution in [3.63, 3.8) is 0 Å². The average molecular weight is 340 g/mol. The second-order valence-electron chi connectivity index (χ2n) is 5.31. The van der Waals surface area contributed by atoms with Gasteiger partial charge in [-0.3, -0.25) is 14.9 Å². The van der Waals surface area contributed by atoms with Crippen LogP contribution in [-0.4, -0.2) is 57.1 Å². The first kappa shape index (κ1) is 19.4. The summed E-state index contributed by atoms with van der Waals surface area (Å²) in [7, 11) is 6.66. The lowest BCUT2D eigenvalue weighted by Crippen LogP contribution is -2.29. The molecular formula is C15H21FN4O4. The lowest BCUT2D eigenvalue weighted by Gasteiger charge is -2.25. The van der Waals surface area contributed by atoms with Crippen LogP contribution in [0.25, 0.3) is 0 Å². The van der Waals surface area contributed by atoms with Gasteiger partial charge in [-0.05, 0) is 20.2 Å². The zero-order valence-electron chi connectivity index (χ0n) is 14.1. The zero-order chi connectivity index (χ0) is 18.4. The van der Waals surface area contributed by atoms with Gasteiger partial charge in [0.25, 0.3) is 0 Å². The topological polar surface area (TPSA) is 88.0 Å². The summed E-state index contributed by atoms with van der Waals surface area (Å²) in [6, 6.07) is 1.33. The van der Waals surface area contributed by atoms with Crippen LogP contribution >= 0.6 is 0 Å². The Morgan fingerprint density at radius 2 is 2.08 bits per heavy atom. The number of likely N-dealkylation sites (N-methyl/N-ethyl adjacent to an activating group) is 2. The zero-order valence-corrected chi connectivity index (χ0v) is 14.1. The van der Waals surface area contributed by atoms with E-state index in [1.54, 1.807) is 11.9 Å². The number of rotatable bonds is 8. The van der Waals surface area contributed by atoms with E-state index in [1.165, 1.54) is 13.2 Å². The number of hydrogen-bond donors (Lipinski definition) is 1. The van der Waals surface area contributed by atoms with Crippen LogP contribution in [0.3, 0.4) is 0 Å². The Balaban J connectivity index is 3.47. The third-order valence-electron chi connectivity index (χ3n) is 3.31. The van der Waals surface area contributed by atoms with Crippen molar-refractivity contribution in [1.29, 1.82) is 0 Å².